The Hall–Kier alpha value is -1.37. The molecular weight excluding hydrogens is 316 g/mol. The van der Waals surface area contributed by atoms with Crippen molar-refractivity contribution >= 4 is 10.1 Å². The van der Waals surface area contributed by atoms with Crippen molar-refractivity contribution in [2.24, 2.45) is 5.92 Å². The fourth-order valence-electron chi connectivity index (χ4n) is 2.99. The van der Waals surface area contributed by atoms with Gasteiger partial charge >= 0.3 is 10.1 Å². The molecule has 1 fully saturated rings. The molecule has 0 amide bonds. The maximum atomic E-state index is 11.1. The van der Waals surface area contributed by atoms with E-state index in [9.17, 15) is 8.42 Å². The minimum Gasteiger partial charge on any atom is -0.387 e. The van der Waals surface area contributed by atoms with Crippen LogP contribution in [0.2, 0.25) is 0 Å². The molecule has 0 aromatic carbocycles. The molecule has 0 saturated carbocycles. The van der Waals surface area contributed by atoms with Crippen molar-refractivity contribution in [3.05, 3.63) is 47.3 Å². The number of rotatable bonds is 4. The molecule has 3 aliphatic rings. The van der Waals surface area contributed by atoms with Crippen LogP contribution in [0.1, 0.15) is 25.7 Å². The summed E-state index contributed by atoms with van der Waals surface area (Å²) >= 11 is 0. The van der Waals surface area contributed by atoms with Crippen LogP contribution in [0.5, 0.6) is 0 Å². The SMILES string of the molecule is CS(=O)(=O)OC1=CC=C(C2OCC(C3=CC=CCC3)CO2)CC1. The fourth-order valence-corrected chi connectivity index (χ4v) is 3.52. The van der Waals surface area contributed by atoms with Crippen molar-refractivity contribution in [2.45, 2.75) is 32.0 Å². The molecule has 0 N–H and O–H groups in total. The van der Waals surface area contributed by atoms with Crippen molar-refractivity contribution in [2.75, 3.05) is 19.5 Å². The number of hydrogen-bond donors (Lipinski definition) is 0. The van der Waals surface area contributed by atoms with Crippen molar-refractivity contribution in [3.63, 3.8) is 0 Å². The van der Waals surface area contributed by atoms with Gasteiger partial charge in [-0.3, -0.25) is 0 Å². The van der Waals surface area contributed by atoms with E-state index in [1.165, 1.54) is 5.57 Å². The highest BCUT2D eigenvalue weighted by Crippen LogP contribution is 2.30. The highest BCUT2D eigenvalue weighted by molar-refractivity contribution is 7.86. The smallest absolute Gasteiger partial charge is 0.305 e. The first-order valence-corrected chi connectivity index (χ1v) is 9.71. The molecule has 6 heteroatoms. The maximum absolute atomic E-state index is 11.1. The zero-order chi connectivity index (χ0) is 16.3. The lowest BCUT2D eigenvalue weighted by Crippen LogP contribution is -2.34. The van der Waals surface area contributed by atoms with Crippen LogP contribution in [-0.4, -0.2) is 34.2 Å². The van der Waals surface area contributed by atoms with E-state index in [1.54, 1.807) is 6.08 Å². The minimum atomic E-state index is -3.46. The average molecular weight is 338 g/mol. The zero-order valence-corrected chi connectivity index (χ0v) is 14.1. The molecule has 1 aliphatic heterocycles. The van der Waals surface area contributed by atoms with Crippen molar-refractivity contribution in [1.29, 1.82) is 0 Å². The van der Waals surface area contributed by atoms with E-state index in [2.05, 4.69) is 18.2 Å². The fraction of sp³-hybridized carbons (Fsp3) is 0.529. The summed E-state index contributed by atoms with van der Waals surface area (Å²) in [6, 6.07) is 0. The first kappa shape index (κ1) is 16.5. The van der Waals surface area contributed by atoms with Crippen LogP contribution in [0, 0.1) is 5.92 Å². The van der Waals surface area contributed by atoms with Crippen LogP contribution in [0.4, 0.5) is 0 Å². The number of hydrogen-bond acceptors (Lipinski definition) is 5. The molecule has 0 aromatic heterocycles. The third-order valence-electron chi connectivity index (χ3n) is 4.17. The molecule has 3 rings (SSSR count). The zero-order valence-electron chi connectivity index (χ0n) is 13.2. The van der Waals surface area contributed by atoms with Gasteiger partial charge in [0.1, 0.15) is 5.76 Å². The van der Waals surface area contributed by atoms with E-state index in [1.807, 2.05) is 6.08 Å². The molecule has 5 nitrogen and oxygen atoms in total. The maximum Gasteiger partial charge on any atom is 0.305 e. The van der Waals surface area contributed by atoms with Crippen molar-refractivity contribution < 1.29 is 22.1 Å². The topological polar surface area (TPSA) is 61.8 Å². The summed E-state index contributed by atoms with van der Waals surface area (Å²) in [5, 5.41) is 0. The van der Waals surface area contributed by atoms with Gasteiger partial charge in [0.2, 0.25) is 0 Å². The Morgan fingerprint density at radius 3 is 2.39 bits per heavy atom. The lowest BCUT2D eigenvalue weighted by Gasteiger charge is -2.33. The predicted molar refractivity (Wildman–Crippen MR) is 87.0 cm³/mol. The van der Waals surface area contributed by atoms with E-state index in [0.717, 1.165) is 24.7 Å². The molecule has 0 aromatic rings. The second-order valence-electron chi connectivity index (χ2n) is 6.07. The third kappa shape index (κ3) is 4.56. The van der Waals surface area contributed by atoms with Crippen LogP contribution >= 0.6 is 0 Å². The summed E-state index contributed by atoms with van der Waals surface area (Å²) in [5.41, 5.74) is 2.43. The van der Waals surface area contributed by atoms with Crippen LogP contribution < -0.4 is 0 Å². The first-order chi connectivity index (χ1) is 11.0. The van der Waals surface area contributed by atoms with Crippen LogP contribution in [0.15, 0.2) is 47.3 Å². The Morgan fingerprint density at radius 1 is 1.04 bits per heavy atom. The normalized spacial score (nSPS) is 28.7. The summed E-state index contributed by atoms with van der Waals surface area (Å²) in [4.78, 5) is 0. The van der Waals surface area contributed by atoms with Crippen molar-refractivity contribution in [1.82, 2.24) is 0 Å². The van der Waals surface area contributed by atoms with Crippen LogP contribution in [0.3, 0.4) is 0 Å². The van der Waals surface area contributed by atoms with Crippen LogP contribution in [-0.2, 0) is 23.8 Å². The summed E-state index contributed by atoms with van der Waals surface area (Å²) in [6.07, 6.45) is 14.1. The Morgan fingerprint density at radius 2 is 1.83 bits per heavy atom. The Bertz CT molecular complexity index is 661. The molecule has 0 spiro atoms. The van der Waals surface area contributed by atoms with Gasteiger partial charge in [-0.15, -0.1) is 0 Å². The van der Waals surface area contributed by atoms with Gasteiger partial charge in [0.05, 0.1) is 19.5 Å². The van der Waals surface area contributed by atoms with Gasteiger partial charge in [-0.2, -0.15) is 8.42 Å². The van der Waals surface area contributed by atoms with E-state index < -0.39 is 10.1 Å². The van der Waals surface area contributed by atoms with Gasteiger partial charge < -0.3 is 13.7 Å². The van der Waals surface area contributed by atoms with Gasteiger partial charge in [-0.05, 0) is 30.9 Å². The van der Waals surface area contributed by atoms with Gasteiger partial charge in [-0.1, -0.05) is 29.9 Å². The Balaban J connectivity index is 1.56. The average Bonchev–Trinajstić information content (AvgIpc) is 2.55. The molecule has 2 aliphatic carbocycles. The quantitative estimate of drug-likeness (QED) is 0.738. The number of ether oxygens (including phenoxy) is 2. The third-order valence-corrected chi connectivity index (χ3v) is 4.69. The molecule has 0 atom stereocenters. The molecule has 0 radical (unpaired) electrons. The molecule has 0 bridgehead atoms. The van der Waals surface area contributed by atoms with Gasteiger partial charge in [0, 0.05) is 12.3 Å². The van der Waals surface area contributed by atoms with Gasteiger partial charge in [0.15, 0.2) is 6.29 Å². The van der Waals surface area contributed by atoms with Gasteiger partial charge in [-0.25, -0.2) is 0 Å². The molecule has 1 heterocycles. The minimum absolute atomic E-state index is 0.331. The molecule has 23 heavy (non-hydrogen) atoms. The summed E-state index contributed by atoms with van der Waals surface area (Å²) in [7, 11) is -3.46. The molecule has 126 valence electrons. The standard InChI is InChI=1S/C17H22O5S/c1-23(18,19)22-16-9-7-14(8-10-16)17-20-11-15(12-21-17)13-5-3-2-4-6-13/h2-3,5,7,9,15,17H,4,6,8,10-12H2,1H3. The summed E-state index contributed by atoms with van der Waals surface area (Å²) in [6.45, 7) is 1.33. The summed E-state index contributed by atoms with van der Waals surface area (Å²) < 4.78 is 38.9. The van der Waals surface area contributed by atoms with Gasteiger partial charge in [0.25, 0.3) is 0 Å². The second kappa shape index (κ2) is 7.03. The molecule has 1 saturated heterocycles. The second-order valence-corrected chi connectivity index (χ2v) is 7.64. The first-order valence-electron chi connectivity index (χ1n) is 7.89. The Labute approximate surface area is 137 Å². The van der Waals surface area contributed by atoms with Crippen LogP contribution in [0.25, 0.3) is 0 Å². The Kier molecular flexibility index (Phi) is 5.04. The molecule has 0 unspecified atom stereocenters. The van der Waals surface area contributed by atoms with E-state index in [0.29, 0.717) is 37.7 Å². The number of allylic oxidation sites excluding steroid dienone is 6. The highest BCUT2D eigenvalue weighted by Gasteiger charge is 2.28. The highest BCUT2D eigenvalue weighted by atomic mass is 32.2. The molecular formula is C17H22O5S. The van der Waals surface area contributed by atoms with Crippen molar-refractivity contribution in [3.8, 4) is 0 Å². The predicted octanol–water partition coefficient (Wildman–Crippen LogP) is 2.83. The lowest BCUT2D eigenvalue weighted by molar-refractivity contribution is -0.175. The van der Waals surface area contributed by atoms with E-state index in [4.69, 9.17) is 13.7 Å². The largest absolute Gasteiger partial charge is 0.387 e. The monoisotopic (exact) mass is 338 g/mol. The van der Waals surface area contributed by atoms with E-state index >= 15 is 0 Å². The summed E-state index contributed by atoms with van der Waals surface area (Å²) in [5.74, 6) is 0.796. The van der Waals surface area contributed by atoms with E-state index in [-0.39, 0.29) is 6.29 Å². The lowest BCUT2D eigenvalue weighted by atomic mass is 9.92.